The molecule has 2 fully saturated rings. The zero-order valence-electron chi connectivity index (χ0n) is 11.7. The minimum atomic E-state index is -4.26. The van der Waals surface area contributed by atoms with Crippen LogP contribution in [0.5, 0.6) is 0 Å². The number of imidazole rings is 1. The van der Waals surface area contributed by atoms with Gasteiger partial charge in [-0.3, -0.25) is 23.4 Å². The summed E-state index contributed by atoms with van der Waals surface area (Å²) in [6.07, 6.45) is -4.47. The Hall–Kier alpha value is -1.53. The highest BCUT2D eigenvalue weighted by atomic mass is 35.5. The number of phosphoric acid groups is 1. The van der Waals surface area contributed by atoms with Crippen LogP contribution in [0.15, 0.2) is 4.79 Å². The molecule has 14 heteroatoms. The first-order chi connectivity index (χ1) is 11.3. The van der Waals surface area contributed by atoms with Crippen molar-refractivity contribution in [3.8, 4) is 0 Å². The molecule has 2 saturated heterocycles. The summed E-state index contributed by atoms with van der Waals surface area (Å²) in [7, 11) is -4.26. The zero-order valence-corrected chi connectivity index (χ0v) is 13.3. The molecule has 1 unspecified atom stereocenters. The number of aromatic amines is 1. The third-order valence-corrected chi connectivity index (χ3v) is 5.00. The standard InChI is InChI=1S/C10H11ClN5O7P/c11-9-13-3-6(14-10(12)15-7(3)18)16(9)8-4(17)5-2(22-8)1-21-24(19,20)23-5/h2,4-5,8,17H,1H2,(H,19,20)(H3,12,14,15,18)/t2-,4-,5-,8-/m1/s1. The van der Waals surface area contributed by atoms with Gasteiger partial charge in [-0.15, -0.1) is 0 Å². The Balaban J connectivity index is 1.80. The van der Waals surface area contributed by atoms with E-state index in [1.165, 1.54) is 0 Å². The van der Waals surface area contributed by atoms with Crippen LogP contribution in [0.1, 0.15) is 6.23 Å². The molecule has 0 spiro atoms. The summed E-state index contributed by atoms with van der Waals surface area (Å²) in [6.45, 7) is -0.258. The largest absolute Gasteiger partial charge is 0.472 e. The highest BCUT2D eigenvalue weighted by molar-refractivity contribution is 7.47. The van der Waals surface area contributed by atoms with Crippen molar-refractivity contribution in [3.63, 3.8) is 0 Å². The van der Waals surface area contributed by atoms with Crippen molar-refractivity contribution < 1.29 is 28.3 Å². The van der Waals surface area contributed by atoms with Crippen LogP contribution < -0.4 is 11.3 Å². The second-order valence-electron chi connectivity index (χ2n) is 5.26. The predicted octanol–water partition coefficient (Wildman–Crippen LogP) is -0.871. The average Bonchev–Trinajstić information content (AvgIpc) is 2.96. The van der Waals surface area contributed by atoms with E-state index in [-0.39, 0.29) is 29.0 Å². The van der Waals surface area contributed by atoms with Gasteiger partial charge in [-0.2, -0.15) is 4.98 Å². The van der Waals surface area contributed by atoms with Crippen LogP contribution in [-0.4, -0.2) is 54.4 Å². The van der Waals surface area contributed by atoms with Crippen LogP contribution in [0.25, 0.3) is 11.2 Å². The Bertz CT molecular complexity index is 930. The lowest BCUT2D eigenvalue weighted by atomic mass is 10.1. The number of ether oxygens (including phenoxy) is 1. The quantitative estimate of drug-likeness (QED) is 0.360. The van der Waals surface area contributed by atoms with Crippen molar-refractivity contribution in [2.45, 2.75) is 24.5 Å². The van der Waals surface area contributed by atoms with Crippen molar-refractivity contribution >= 4 is 36.5 Å². The number of nitrogens with one attached hydrogen (secondary N) is 1. The molecule has 12 nitrogen and oxygen atoms in total. The summed E-state index contributed by atoms with van der Waals surface area (Å²) < 4.78 is 27.8. The van der Waals surface area contributed by atoms with Gasteiger partial charge in [-0.05, 0) is 11.6 Å². The number of fused-ring (bicyclic) bond motifs is 2. The molecule has 0 aromatic carbocycles. The minimum Gasteiger partial charge on any atom is -0.386 e. The zero-order chi connectivity index (χ0) is 17.2. The number of H-pyrrole nitrogens is 1. The molecule has 24 heavy (non-hydrogen) atoms. The maximum atomic E-state index is 11.9. The van der Waals surface area contributed by atoms with Gasteiger partial charge in [0.1, 0.15) is 18.3 Å². The van der Waals surface area contributed by atoms with Crippen molar-refractivity contribution in [1.82, 2.24) is 19.5 Å². The van der Waals surface area contributed by atoms with Gasteiger partial charge in [0, 0.05) is 0 Å². The monoisotopic (exact) mass is 379 g/mol. The lowest BCUT2D eigenvalue weighted by molar-refractivity contribution is -0.0663. The number of halogens is 1. The summed E-state index contributed by atoms with van der Waals surface area (Å²) in [6, 6.07) is 0. The van der Waals surface area contributed by atoms with Crippen LogP contribution in [0.4, 0.5) is 5.95 Å². The maximum Gasteiger partial charge on any atom is 0.472 e. The number of hydrogen-bond acceptors (Lipinski definition) is 9. The van der Waals surface area contributed by atoms with Crippen LogP contribution in [0, 0.1) is 0 Å². The molecule has 4 rings (SSSR count). The number of hydrogen-bond donors (Lipinski definition) is 4. The van der Waals surface area contributed by atoms with Crippen molar-refractivity contribution in [2.75, 3.05) is 12.3 Å². The molecule has 4 heterocycles. The fourth-order valence-electron chi connectivity index (χ4n) is 2.75. The number of aromatic nitrogens is 4. The Labute approximate surface area is 137 Å². The molecule has 0 aliphatic carbocycles. The van der Waals surface area contributed by atoms with E-state index < -0.39 is 37.9 Å². The summed E-state index contributed by atoms with van der Waals surface area (Å²) >= 11 is 6.04. The Morgan fingerprint density at radius 2 is 2.21 bits per heavy atom. The van der Waals surface area contributed by atoms with Crippen molar-refractivity contribution in [3.05, 3.63) is 15.6 Å². The summed E-state index contributed by atoms with van der Waals surface area (Å²) in [5.74, 6) is -0.172. The van der Waals surface area contributed by atoms with E-state index in [1.54, 1.807) is 0 Å². The lowest BCUT2D eigenvalue weighted by Gasteiger charge is -2.27. The number of aliphatic hydroxyl groups is 1. The Kier molecular flexibility index (Phi) is 3.48. The second kappa shape index (κ2) is 5.23. The number of aliphatic hydroxyl groups excluding tert-OH is 1. The molecule has 2 aromatic rings. The van der Waals surface area contributed by atoms with Crippen molar-refractivity contribution in [1.29, 1.82) is 0 Å². The molecular weight excluding hydrogens is 369 g/mol. The van der Waals surface area contributed by atoms with E-state index in [0.29, 0.717) is 0 Å². The fourth-order valence-corrected chi connectivity index (χ4v) is 3.97. The lowest BCUT2D eigenvalue weighted by Crippen LogP contribution is -2.39. The van der Waals surface area contributed by atoms with Gasteiger partial charge in [-0.25, -0.2) is 9.55 Å². The van der Waals surface area contributed by atoms with E-state index in [9.17, 15) is 19.4 Å². The normalized spacial score (nSPS) is 36.1. The fraction of sp³-hybridized carbons (Fsp3) is 0.500. The minimum absolute atomic E-state index is 0.00273. The third-order valence-electron chi connectivity index (χ3n) is 3.75. The van der Waals surface area contributed by atoms with E-state index in [1.807, 2.05) is 0 Å². The first-order valence-electron chi connectivity index (χ1n) is 6.69. The van der Waals surface area contributed by atoms with E-state index in [2.05, 4.69) is 19.5 Å². The van der Waals surface area contributed by atoms with Gasteiger partial charge in [0.2, 0.25) is 11.2 Å². The van der Waals surface area contributed by atoms with Gasteiger partial charge >= 0.3 is 7.82 Å². The molecule has 0 radical (unpaired) electrons. The SMILES string of the molecule is Nc1nc2c(nc(Cl)n2[C@@H]2O[C@@H]3COP(=O)(O)O[C@H]3[C@H]2O)c(=O)[nH]1. The van der Waals surface area contributed by atoms with Crippen LogP contribution in [0.3, 0.4) is 0 Å². The van der Waals surface area contributed by atoms with E-state index >= 15 is 0 Å². The predicted molar refractivity (Wildman–Crippen MR) is 78.1 cm³/mol. The molecule has 0 bridgehead atoms. The number of nitrogen functional groups attached to an aromatic ring is 1. The van der Waals surface area contributed by atoms with Gasteiger partial charge in [-0.1, -0.05) is 0 Å². The number of phosphoric ester groups is 1. The Morgan fingerprint density at radius 3 is 2.96 bits per heavy atom. The number of rotatable bonds is 1. The van der Waals surface area contributed by atoms with Crippen LogP contribution >= 0.6 is 19.4 Å². The second-order valence-corrected chi connectivity index (χ2v) is 7.01. The highest BCUT2D eigenvalue weighted by Crippen LogP contribution is 2.52. The van der Waals surface area contributed by atoms with Crippen molar-refractivity contribution in [2.24, 2.45) is 0 Å². The van der Waals surface area contributed by atoms with Crippen LogP contribution in [-0.2, 0) is 18.3 Å². The summed E-state index contributed by atoms with van der Waals surface area (Å²) in [4.78, 5) is 31.4. The highest BCUT2D eigenvalue weighted by Gasteiger charge is 2.53. The molecule has 0 amide bonds. The van der Waals surface area contributed by atoms with E-state index in [0.717, 1.165) is 4.57 Å². The van der Waals surface area contributed by atoms with Gasteiger partial charge in [0.25, 0.3) is 5.56 Å². The van der Waals surface area contributed by atoms with Gasteiger partial charge in [0.05, 0.1) is 6.61 Å². The smallest absolute Gasteiger partial charge is 0.386 e. The topological polar surface area (TPSA) is 175 Å². The molecule has 130 valence electrons. The maximum absolute atomic E-state index is 11.9. The number of nitrogens with two attached hydrogens (primary N) is 1. The van der Waals surface area contributed by atoms with Crippen LogP contribution in [0.2, 0.25) is 5.28 Å². The summed E-state index contributed by atoms with van der Waals surface area (Å²) in [5.41, 5.74) is 4.82. The molecule has 2 aromatic heterocycles. The molecule has 2 aliphatic rings. The molecule has 2 aliphatic heterocycles. The molecular formula is C10H11ClN5O7P. The summed E-state index contributed by atoms with van der Waals surface area (Å²) in [5, 5.41) is 10.2. The Morgan fingerprint density at radius 1 is 1.46 bits per heavy atom. The molecule has 5 atom stereocenters. The molecule has 0 saturated carbocycles. The third kappa shape index (κ3) is 2.35. The number of nitrogens with zero attached hydrogens (tertiary/aromatic N) is 3. The van der Waals surface area contributed by atoms with E-state index in [4.69, 9.17) is 26.6 Å². The average molecular weight is 380 g/mol. The number of anilines is 1. The van der Waals surface area contributed by atoms with Gasteiger partial charge in [0.15, 0.2) is 17.4 Å². The first kappa shape index (κ1) is 16.0. The molecule has 5 N–H and O–H groups in total. The van der Waals surface area contributed by atoms with Gasteiger partial charge < -0.3 is 20.5 Å². The first-order valence-corrected chi connectivity index (χ1v) is 8.56.